The summed E-state index contributed by atoms with van der Waals surface area (Å²) in [4.78, 5) is 35.3. The maximum absolute atomic E-state index is 14.6. The van der Waals surface area contributed by atoms with Gasteiger partial charge in [0.15, 0.2) is 5.69 Å². The molecule has 0 spiro atoms. The van der Waals surface area contributed by atoms with Crippen LogP contribution in [0.2, 0.25) is 0 Å². The standard InChI is InChI=1S/C29H34F5N9O3/c1-16-14-42(8-9-46-16)24-20(11-18-10-19(29(32,33)34)13-35-25(18)44)40-43-15-21(37-27(43)39-24)23(17-4-3-6-28(30,31)12-17)38-26(45)22-5-7-36-41(22)2/h5,7,14-19,23H,3-4,6,8-13H2,1-2H3,(H-,35,38,44,45)/p+1/t16-,17+,18+,19+,23-/m0/s1. The van der Waals surface area contributed by atoms with Crippen LogP contribution < -0.4 is 10.6 Å². The number of nitrogens with zero attached hydrogens (tertiary/aromatic N) is 7. The van der Waals surface area contributed by atoms with Gasteiger partial charge in [-0.25, -0.2) is 13.4 Å². The summed E-state index contributed by atoms with van der Waals surface area (Å²) in [7, 11) is 1.59. The van der Waals surface area contributed by atoms with E-state index in [9.17, 15) is 31.5 Å². The number of fused-ring (bicyclic) bond motifs is 1. The largest absolute Gasteiger partial charge is 0.393 e. The Labute approximate surface area is 260 Å². The van der Waals surface area contributed by atoms with E-state index >= 15 is 0 Å². The average Bonchev–Trinajstić information content (AvgIpc) is 3.61. The predicted molar refractivity (Wildman–Crippen MR) is 152 cm³/mol. The smallest absolute Gasteiger partial charge is 0.367 e. The van der Waals surface area contributed by atoms with Crippen molar-refractivity contribution in [1.29, 1.82) is 0 Å². The first kappa shape index (κ1) is 31.9. The van der Waals surface area contributed by atoms with Gasteiger partial charge in [0.2, 0.25) is 11.8 Å². The highest BCUT2D eigenvalue weighted by molar-refractivity contribution is 5.92. The van der Waals surface area contributed by atoms with E-state index in [4.69, 9.17) is 9.72 Å². The van der Waals surface area contributed by atoms with E-state index in [0.717, 1.165) is 0 Å². The third-order valence-corrected chi connectivity index (χ3v) is 8.93. The third kappa shape index (κ3) is 6.73. The van der Waals surface area contributed by atoms with E-state index in [-0.39, 0.29) is 48.2 Å². The molecule has 3 aromatic heterocycles. The molecule has 3 aliphatic rings. The number of carbonyl (C=O) groups excluding carboxylic acids is 2. The van der Waals surface area contributed by atoms with Crippen molar-refractivity contribution < 1.29 is 40.9 Å². The zero-order valence-electron chi connectivity index (χ0n) is 25.3. The second-order valence-electron chi connectivity index (χ2n) is 12.3. The van der Waals surface area contributed by atoms with Crippen molar-refractivity contribution in [2.75, 3.05) is 19.7 Å². The Bertz CT molecular complexity index is 1650. The molecular weight excluding hydrogens is 617 g/mol. The Morgan fingerprint density at radius 1 is 1.30 bits per heavy atom. The first-order chi connectivity index (χ1) is 21.8. The molecule has 0 aromatic carbocycles. The molecule has 2 amide bonds. The quantitative estimate of drug-likeness (QED) is 0.296. The summed E-state index contributed by atoms with van der Waals surface area (Å²) in [5, 5.41) is 13.9. The molecule has 12 nitrogen and oxygen atoms in total. The summed E-state index contributed by atoms with van der Waals surface area (Å²) in [6, 6.07) is 0.591. The normalized spacial score (nSPS) is 26.0. The van der Waals surface area contributed by atoms with Crippen LogP contribution >= 0.6 is 0 Å². The maximum Gasteiger partial charge on any atom is 0.393 e. The van der Waals surface area contributed by atoms with E-state index in [2.05, 4.69) is 25.8 Å². The molecule has 2 aliphatic heterocycles. The number of ether oxygens (including phenoxy) is 1. The van der Waals surface area contributed by atoms with Gasteiger partial charge < -0.3 is 15.4 Å². The van der Waals surface area contributed by atoms with E-state index in [1.165, 1.54) is 27.7 Å². The molecule has 1 aliphatic carbocycles. The van der Waals surface area contributed by atoms with Crippen molar-refractivity contribution in [2.24, 2.45) is 24.8 Å². The molecule has 3 aromatic rings. The van der Waals surface area contributed by atoms with Gasteiger partial charge in [-0.15, -0.1) is 0 Å². The number of aromatic nitrogens is 6. The molecule has 5 atom stereocenters. The Balaban J connectivity index is 1.40. The molecule has 0 bridgehead atoms. The number of carbonyl (C=O) groups is 2. The number of piperidine rings is 1. The number of halogens is 5. The Hall–Kier alpha value is -4.02. The van der Waals surface area contributed by atoms with Crippen molar-refractivity contribution in [3.8, 4) is 0 Å². The predicted octanol–water partition coefficient (Wildman–Crippen LogP) is 3.15. The second kappa shape index (κ2) is 12.3. The zero-order valence-corrected chi connectivity index (χ0v) is 25.3. The van der Waals surface area contributed by atoms with Gasteiger partial charge in [-0.3, -0.25) is 14.3 Å². The number of amides is 2. The van der Waals surface area contributed by atoms with Crippen LogP contribution in [0, 0.1) is 17.8 Å². The van der Waals surface area contributed by atoms with Gasteiger partial charge in [0.25, 0.3) is 5.91 Å². The highest BCUT2D eigenvalue weighted by atomic mass is 19.4. The molecule has 2 N–H and O–H groups in total. The number of aryl methyl sites for hydroxylation is 1. The monoisotopic (exact) mass is 652 g/mol. The van der Waals surface area contributed by atoms with Crippen LogP contribution in [-0.4, -0.2) is 89.9 Å². The molecule has 0 radical (unpaired) electrons. The van der Waals surface area contributed by atoms with Gasteiger partial charge >= 0.3 is 17.8 Å². The van der Waals surface area contributed by atoms with Crippen LogP contribution in [0.3, 0.4) is 0 Å². The number of hydrogen-bond donors (Lipinski definition) is 2. The highest BCUT2D eigenvalue weighted by Gasteiger charge is 2.46. The minimum absolute atomic E-state index is 0.102. The van der Waals surface area contributed by atoms with Gasteiger partial charge in [0.05, 0.1) is 36.7 Å². The van der Waals surface area contributed by atoms with E-state index in [0.29, 0.717) is 25.4 Å². The first-order valence-corrected chi connectivity index (χ1v) is 15.3. The molecule has 17 heteroatoms. The van der Waals surface area contributed by atoms with Crippen LogP contribution in [0.15, 0.2) is 18.5 Å². The Morgan fingerprint density at radius 3 is 2.80 bits per heavy atom. The number of hydrogen-bond acceptors (Lipinski definition) is 7. The number of rotatable bonds is 7. The summed E-state index contributed by atoms with van der Waals surface area (Å²) < 4.78 is 80.0. The molecule has 5 heterocycles. The first-order valence-electron chi connectivity index (χ1n) is 15.3. The van der Waals surface area contributed by atoms with Crippen molar-refractivity contribution in [1.82, 2.24) is 40.0 Å². The summed E-state index contributed by atoms with van der Waals surface area (Å²) in [6.45, 7) is 2.06. The lowest BCUT2D eigenvalue weighted by Crippen LogP contribution is -2.47. The Morgan fingerprint density at radius 2 is 2.11 bits per heavy atom. The lowest BCUT2D eigenvalue weighted by atomic mass is 9.80. The summed E-state index contributed by atoms with van der Waals surface area (Å²) in [5.74, 6) is -6.88. The van der Waals surface area contributed by atoms with Gasteiger partial charge in [-0.1, -0.05) is 0 Å². The highest BCUT2D eigenvalue weighted by Crippen LogP contribution is 2.42. The molecular formula is C29H35F5N9O3+. The molecule has 2 fully saturated rings. The van der Waals surface area contributed by atoms with Gasteiger partial charge in [-0.2, -0.15) is 32.9 Å². The zero-order chi connectivity index (χ0) is 32.8. The fraction of sp³-hybridized carbons (Fsp3) is 0.621. The lowest BCUT2D eigenvalue weighted by Gasteiger charge is -2.34. The third-order valence-electron chi connectivity index (χ3n) is 8.93. The summed E-state index contributed by atoms with van der Waals surface area (Å²) in [5.41, 5.74) is 0.759. The van der Waals surface area contributed by atoms with Crippen LogP contribution in [0.5, 0.6) is 0 Å². The number of imidazole rings is 1. The van der Waals surface area contributed by atoms with Crippen LogP contribution in [0.4, 0.5) is 27.8 Å². The van der Waals surface area contributed by atoms with Gasteiger partial charge in [0.1, 0.15) is 18.3 Å². The maximum atomic E-state index is 14.6. The van der Waals surface area contributed by atoms with Crippen LogP contribution in [-0.2, 0) is 23.0 Å². The molecule has 1 saturated carbocycles. The Kier molecular flexibility index (Phi) is 8.54. The van der Waals surface area contributed by atoms with E-state index < -0.39 is 67.1 Å². The second-order valence-corrected chi connectivity index (χ2v) is 12.3. The average molecular weight is 653 g/mol. The fourth-order valence-corrected chi connectivity index (χ4v) is 6.56. The number of nitrogens with one attached hydrogen (secondary N) is 2. The summed E-state index contributed by atoms with van der Waals surface area (Å²) in [6.07, 6.45) is -0.588. The molecule has 0 unspecified atom stereocenters. The minimum atomic E-state index is -4.47. The topological polar surface area (TPSA) is 131 Å². The van der Waals surface area contributed by atoms with Crippen molar-refractivity contribution in [3.63, 3.8) is 0 Å². The minimum Gasteiger partial charge on any atom is -0.367 e. The van der Waals surface area contributed by atoms with Gasteiger partial charge in [-0.05, 0) is 38.2 Å². The molecule has 1 saturated heterocycles. The lowest BCUT2D eigenvalue weighted by molar-refractivity contribution is -0.458. The van der Waals surface area contributed by atoms with Gasteiger partial charge in [0, 0.05) is 50.0 Å². The van der Waals surface area contributed by atoms with E-state index in [1.807, 2.05) is 6.92 Å². The molecule has 248 valence electrons. The van der Waals surface area contributed by atoms with Crippen molar-refractivity contribution >= 4 is 29.6 Å². The number of alkyl halides is 5. The summed E-state index contributed by atoms with van der Waals surface area (Å²) >= 11 is 0. The molecule has 6 rings (SSSR count). The van der Waals surface area contributed by atoms with E-state index in [1.54, 1.807) is 17.8 Å². The fourth-order valence-electron chi connectivity index (χ4n) is 6.56. The van der Waals surface area contributed by atoms with Crippen molar-refractivity contribution in [3.05, 3.63) is 35.5 Å². The van der Waals surface area contributed by atoms with Crippen molar-refractivity contribution in [2.45, 2.75) is 69.7 Å². The molecule has 46 heavy (non-hydrogen) atoms. The van der Waals surface area contributed by atoms with Crippen LogP contribution in [0.25, 0.3) is 5.78 Å². The SMILES string of the molecule is C[C@H]1C=[N+](c2nc3nc([C@@H](NC(=O)c4ccnn4C)[C@@H]4CCCC(F)(F)C4)cn3nc2C[C@H]2C[C@@H](C(F)(F)F)CNC2=O)CCO1. The van der Waals surface area contributed by atoms with Crippen LogP contribution in [0.1, 0.15) is 66.9 Å².